The van der Waals surface area contributed by atoms with E-state index in [-0.39, 0.29) is 5.54 Å². The molecule has 0 saturated carbocycles. The summed E-state index contributed by atoms with van der Waals surface area (Å²) in [4.78, 5) is 9.54. The van der Waals surface area contributed by atoms with Crippen molar-refractivity contribution < 1.29 is 0 Å². The molecule has 1 saturated heterocycles. The van der Waals surface area contributed by atoms with Crippen molar-refractivity contribution >= 4 is 16.5 Å². The fourth-order valence-corrected chi connectivity index (χ4v) is 3.20. The highest BCUT2D eigenvalue weighted by molar-refractivity contribution is 7.13. The van der Waals surface area contributed by atoms with E-state index in [0.29, 0.717) is 6.54 Å². The van der Waals surface area contributed by atoms with Gasteiger partial charge in [-0.2, -0.15) is 0 Å². The molecule has 1 fully saturated rings. The van der Waals surface area contributed by atoms with Gasteiger partial charge in [-0.1, -0.05) is 6.92 Å². The number of nitrogens with two attached hydrogens (primary N) is 1. The molecule has 5 heteroatoms. The summed E-state index contributed by atoms with van der Waals surface area (Å²) < 4.78 is 0. The van der Waals surface area contributed by atoms with E-state index in [1.54, 1.807) is 11.3 Å². The molecule has 1 aromatic rings. The average molecular weight is 268 g/mol. The Morgan fingerprint density at radius 2 is 2.00 bits per heavy atom. The number of anilines is 1. The van der Waals surface area contributed by atoms with Crippen molar-refractivity contribution in [3.8, 4) is 0 Å². The van der Waals surface area contributed by atoms with E-state index in [1.807, 2.05) is 0 Å². The lowest BCUT2D eigenvalue weighted by Crippen LogP contribution is -2.57. The largest absolute Gasteiger partial charge is 0.346 e. The number of rotatable bonds is 4. The monoisotopic (exact) mass is 268 g/mol. The van der Waals surface area contributed by atoms with Crippen LogP contribution in [-0.4, -0.2) is 48.1 Å². The minimum absolute atomic E-state index is 0.115. The Kier molecular flexibility index (Phi) is 4.25. The van der Waals surface area contributed by atoms with Crippen LogP contribution in [0.4, 0.5) is 5.13 Å². The first kappa shape index (κ1) is 13.8. The number of hydrogen-bond acceptors (Lipinski definition) is 5. The third-order valence-electron chi connectivity index (χ3n) is 3.81. The number of piperazine rings is 1. The van der Waals surface area contributed by atoms with E-state index in [0.717, 1.165) is 32.6 Å². The van der Waals surface area contributed by atoms with E-state index < -0.39 is 0 Å². The predicted molar refractivity (Wildman–Crippen MR) is 78.4 cm³/mol. The van der Waals surface area contributed by atoms with Crippen molar-refractivity contribution in [2.75, 3.05) is 37.6 Å². The van der Waals surface area contributed by atoms with E-state index in [4.69, 9.17) is 5.73 Å². The van der Waals surface area contributed by atoms with Crippen molar-refractivity contribution in [1.29, 1.82) is 0 Å². The highest BCUT2D eigenvalue weighted by atomic mass is 32.1. The van der Waals surface area contributed by atoms with Crippen LogP contribution >= 0.6 is 11.3 Å². The van der Waals surface area contributed by atoms with Gasteiger partial charge in [0.15, 0.2) is 5.13 Å². The maximum Gasteiger partial charge on any atom is 0.185 e. The van der Waals surface area contributed by atoms with Gasteiger partial charge < -0.3 is 10.6 Å². The Morgan fingerprint density at radius 1 is 1.33 bits per heavy atom. The first-order valence-corrected chi connectivity index (χ1v) is 7.59. The molecule has 1 aliphatic heterocycles. The Morgan fingerprint density at radius 3 is 2.50 bits per heavy atom. The second-order valence-corrected chi connectivity index (χ2v) is 6.30. The molecular formula is C13H24N4S. The molecule has 0 atom stereocenters. The van der Waals surface area contributed by atoms with Crippen molar-refractivity contribution in [3.05, 3.63) is 11.1 Å². The highest BCUT2D eigenvalue weighted by Gasteiger charge is 2.29. The van der Waals surface area contributed by atoms with Crippen LogP contribution in [0.1, 0.15) is 26.5 Å². The first-order chi connectivity index (χ1) is 8.56. The maximum atomic E-state index is 5.84. The molecule has 1 aliphatic rings. The molecular weight excluding hydrogens is 244 g/mol. The van der Waals surface area contributed by atoms with Gasteiger partial charge in [-0.25, -0.2) is 4.98 Å². The number of aryl methyl sites for hydroxylation is 1. The molecule has 1 aromatic heterocycles. The van der Waals surface area contributed by atoms with Gasteiger partial charge in [0.05, 0.1) is 5.69 Å². The van der Waals surface area contributed by atoms with Gasteiger partial charge in [0, 0.05) is 43.6 Å². The minimum Gasteiger partial charge on any atom is -0.346 e. The van der Waals surface area contributed by atoms with Gasteiger partial charge >= 0.3 is 0 Å². The Bertz CT molecular complexity index is 380. The third-order valence-corrected chi connectivity index (χ3v) is 4.76. The van der Waals surface area contributed by atoms with Crippen LogP contribution in [0, 0.1) is 0 Å². The van der Waals surface area contributed by atoms with E-state index >= 15 is 0 Å². The smallest absolute Gasteiger partial charge is 0.185 e. The molecule has 2 rings (SSSR count). The molecule has 0 aliphatic carbocycles. The van der Waals surface area contributed by atoms with Crippen LogP contribution in [0.25, 0.3) is 0 Å². The van der Waals surface area contributed by atoms with Crippen molar-refractivity contribution in [2.24, 2.45) is 5.73 Å². The molecule has 18 heavy (non-hydrogen) atoms. The summed E-state index contributed by atoms with van der Waals surface area (Å²) in [6.45, 7) is 11.6. The number of aromatic nitrogens is 1. The van der Waals surface area contributed by atoms with Crippen molar-refractivity contribution in [2.45, 2.75) is 32.7 Å². The van der Waals surface area contributed by atoms with Crippen LogP contribution in [-0.2, 0) is 6.42 Å². The zero-order chi connectivity index (χ0) is 13.2. The van der Waals surface area contributed by atoms with Crippen LogP contribution in [0.5, 0.6) is 0 Å². The third kappa shape index (κ3) is 2.84. The summed E-state index contributed by atoms with van der Waals surface area (Å²) in [5, 5.41) is 3.35. The van der Waals surface area contributed by atoms with Gasteiger partial charge in [0.2, 0.25) is 0 Å². The average Bonchev–Trinajstić information content (AvgIpc) is 2.87. The SMILES string of the molecule is CCc1csc(N2CCN(C(C)(C)CN)CC2)n1. The summed E-state index contributed by atoms with van der Waals surface area (Å²) in [6, 6.07) is 0. The number of hydrogen-bond donors (Lipinski definition) is 1. The summed E-state index contributed by atoms with van der Waals surface area (Å²) >= 11 is 1.77. The van der Waals surface area contributed by atoms with Crippen LogP contribution in [0.3, 0.4) is 0 Å². The minimum atomic E-state index is 0.115. The van der Waals surface area contributed by atoms with Crippen LogP contribution in [0.15, 0.2) is 5.38 Å². The number of nitrogens with zero attached hydrogens (tertiary/aromatic N) is 3. The fraction of sp³-hybridized carbons (Fsp3) is 0.769. The van der Waals surface area contributed by atoms with Crippen LogP contribution < -0.4 is 10.6 Å². The van der Waals surface area contributed by atoms with Gasteiger partial charge in [-0.3, -0.25) is 4.90 Å². The fourth-order valence-electron chi connectivity index (χ4n) is 2.24. The lowest BCUT2D eigenvalue weighted by atomic mass is 10.0. The lowest BCUT2D eigenvalue weighted by Gasteiger charge is -2.43. The Labute approximate surface area is 114 Å². The van der Waals surface area contributed by atoms with Crippen molar-refractivity contribution in [3.63, 3.8) is 0 Å². The molecule has 2 heterocycles. The quantitative estimate of drug-likeness (QED) is 0.900. The highest BCUT2D eigenvalue weighted by Crippen LogP contribution is 2.24. The van der Waals surface area contributed by atoms with Gasteiger partial charge in [-0.15, -0.1) is 11.3 Å². The lowest BCUT2D eigenvalue weighted by molar-refractivity contribution is 0.119. The molecule has 0 aromatic carbocycles. The zero-order valence-electron chi connectivity index (χ0n) is 11.6. The summed E-state index contributed by atoms with van der Waals surface area (Å²) in [7, 11) is 0. The van der Waals surface area contributed by atoms with E-state index in [2.05, 4.69) is 40.9 Å². The normalized spacial score (nSPS) is 18.3. The second-order valence-electron chi connectivity index (χ2n) is 5.47. The summed E-state index contributed by atoms with van der Waals surface area (Å²) in [5.74, 6) is 0. The maximum absolute atomic E-state index is 5.84. The molecule has 0 amide bonds. The molecule has 2 N–H and O–H groups in total. The predicted octanol–water partition coefficient (Wildman–Crippen LogP) is 1.56. The molecule has 0 bridgehead atoms. The van der Waals surface area contributed by atoms with Gasteiger partial charge in [0.25, 0.3) is 0 Å². The van der Waals surface area contributed by atoms with E-state index in [1.165, 1.54) is 10.8 Å². The zero-order valence-corrected chi connectivity index (χ0v) is 12.5. The Balaban J connectivity index is 1.94. The number of thiazole rings is 1. The summed E-state index contributed by atoms with van der Waals surface area (Å²) in [5.41, 5.74) is 7.16. The molecule has 0 radical (unpaired) electrons. The molecule has 102 valence electrons. The van der Waals surface area contributed by atoms with Gasteiger partial charge in [-0.05, 0) is 20.3 Å². The molecule has 0 spiro atoms. The standard InChI is InChI=1S/C13H24N4S/c1-4-11-9-18-12(15-11)16-5-7-17(8-6-16)13(2,3)10-14/h9H,4-8,10,14H2,1-3H3. The van der Waals surface area contributed by atoms with Gasteiger partial charge in [0.1, 0.15) is 0 Å². The molecule has 0 unspecified atom stereocenters. The first-order valence-electron chi connectivity index (χ1n) is 6.71. The summed E-state index contributed by atoms with van der Waals surface area (Å²) in [6.07, 6.45) is 1.02. The van der Waals surface area contributed by atoms with Crippen molar-refractivity contribution in [1.82, 2.24) is 9.88 Å². The molecule has 4 nitrogen and oxygen atoms in total. The topological polar surface area (TPSA) is 45.4 Å². The van der Waals surface area contributed by atoms with E-state index in [9.17, 15) is 0 Å². The second kappa shape index (κ2) is 5.55. The van der Waals surface area contributed by atoms with Crippen LogP contribution in [0.2, 0.25) is 0 Å². The Hall–Kier alpha value is -0.650.